The van der Waals surface area contributed by atoms with E-state index in [0.29, 0.717) is 25.8 Å². The number of hydrogen-bond acceptors (Lipinski definition) is 4. The lowest BCUT2D eigenvalue weighted by molar-refractivity contribution is -0.154. The number of alkyl carbamates (subject to hydrolysis) is 1. The Bertz CT molecular complexity index is 1100. The maximum absolute atomic E-state index is 12.9. The molecule has 1 aliphatic heterocycles. The smallest absolute Gasteiger partial charge is 0.407 e. The van der Waals surface area contributed by atoms with Crippen molar-refractivity contribution in [2.75, 3.05) is 13.2 Å². The summed E-state index contributed by atoms with van der Waals surface area (Å²) in [5.74, 6) is -0.951. The molecule has 184 valence electrons. The molecule has 5 rings (SSSR count). The number of nitrogens with zero attached hydrogens (tertiary/aromatic N) is 1. The van der Waals surface area contributed by atoms with Crippen LogP contribution in [0.15, 0.2) is 48.5 Å². The van der Waals surface area contributed by atoms with Crippen molar-refractivity contribution in [3.8, 4) is 11.1 Å². The third-order valence-corrected chi connectivity index (χ3v) is 8.03. The Morgan fingerprint density at radius 2 is 1.77 bits per heavy atom. The summed E-state index contributed by atoms with van der Waals surface area (Å²) < 4.78 is 5.64. The number of carboxylic acid groups (broad SMARTS) is 1. The van der Waals surface area contributed by atoms with E-state index < -0.39 is 17.6 Å². The fraction of sp³-hybridized carbons (Fsp3) is 0.464. The number of aliphatic carboxylic acids is 1. The number of carboxylic acids is 1. The maximum atomic E-state index is 12.9. The van der Waals surface area contributed by atoms with Crippen LogP contribution >= 0.6 is 0 Å². The third-order valence-electron chi connectivity index (χ3n) is 8.03. The van der Waals surface area contributed by atoms with Gasteiger partial charge in [0.1, 0.15) is 12.1 Å². The Morgan fingerprint density at radius 1 is 1.11 bits per heavy atom. The van der Waals surface area contributed by atoms with Crippen LogP contribution in [0.4, 0.5) is 4.79 Å². The van der Waals surface area contributed by atoms with Crippen LogP contribution < -0.4 is 5.32 Å². The number of rotatable bonds is 8. The van der Waals surface area contributed by atoms with E-state index in [-0.39, 0.29) is 36.8 Å². The zero-order valence-electron chi connectivity index (χ0n) is 20.0. The number of hydrogen-bond donors (Lipinski definition) is 2. The number of likely N-dealkylation sites (tertiary alicyclic amines) is 1. The molecule has 3 atom stereocenters. The second kappa shape index (κ2) is 9.36. The number of piperidine rings is 1. The van der Waals surface area contributed by atoms with Crippen LogP contribution in [-0.2, 0) is 14.3 Å². The van der Waals surface area contributed by atoms with Crippen molar-refractivity contribution in [3.05, 3.63) is 59.7 Å². The molecule has 1 saturated carbocycles. The third kappa shape index (κ3) is 4.17. The number of ether oxygens (including phenoxy) is 1. The largest absolute Gasteiger partial charge is 0.479 e. The molecule has 2 fully saturated rings. The van der Waals surface area contributed by atoms with Gasteiger partial charge in [0.15, 0.2) is 0 Å². The number of amides is 2. The highest BCUT2D eigenvalue weighted by Gasteiger charge is 2.66. The van der Waals surface area contributed by atoms with Gasteiger partial charge in [0.2, 0.25) is 5.91 Å². The minimum Gasteiger partial charge on any atom is -0.479 e. The van der Waals surface area contributed by atoms with Gasteiger partial charge in [0.25, 0.3) is 0 Å². The molecular formula is C28H32N2O5. The highest BCUT2D eigenvalue weighted by molar-refractivity contribution is 5.90. The summed E-state index contributed by atoms with van der Waals surface area (Å²) in [6.45, 7) is 2.69. The summed E-state index contributed by atoms with van der Waals surface area (Å²) >= 11 is 0. The molecule has 2 amide bonds. The van der Waals surface area contributed by atoms with Gasteiger partial charge in [-0.05, 0) is 60.3 Å². The number of fused-ring (bicyclic) bond motifs is 4. The summed E-state index contributed by atoms with van der Waals surface area (Å²) in [5.41, 5.74) is 3.68. The highest BCUT2D eigenvalue weighted by Crippen LogP contribution is 2.54. The van der Waals surface area contributed by atoms with Gasteiger partial charge >= 0.3 is 12.1 Å². The maximum Gasteiger partial charge on any atom is 0.407 e. The van der Waals surface area contributed by atoms with Crippen LogP contribution in [0.2, 0.25) is 0 Å². The van der Waals surface area contributed by atoms with Crippen LogP contribution in [0.5, 0.6) is 0 Å². The van der Waals surface area contributed by atoms with E-state index in [1.54, 1.807) is 4.90 Å². The number of carbonyl (C=O) groups is 3. The summed E-state index contributed by atoms with van der Waals surface area (Å²) in [5, 5.41) is 12.6. The molecule has 2 aliphatic carbocycles. The monoisotopic (exact) mass is 476 g/mol. The minimum absolute atomic E-state index is 0.00685. The lowest BCUT2D eigenvalue weighted by Crippen LogP contribution is -2.51. The van der Waals surface area contributed by atoms with Crippen LogP contribution in [0.25, 0.3) is 11.1 Å². The second-order valence-corrected chi connectivity index (χ2v) is 9.93. The van der Waals surface area contributed by atoms with Crippen molar-refractivity contribution in [3.63, 3.8) is 0 Å². The molecule has 2 N–H and O–H groups in total. The van der Waals surface area contributed by atoms with Crippen molar-refractivity contribution in [1.82, 2.24) is 10.2 Å². The van der Waals surface area contributed by atoms with Crippen molar-refractivity contribution < 1.29 is 24.2 Å². The standard InChI is InChI=1S/C28H32N2O5/c1-2-19(13-14-25(31)30-15-7-8-18-16-28(18,30)26(32)33)29-27(34)35-17-24-22-11-5-3-9-20(22)21-10-4-6-12-23(21)24/h3-6,9-12,18-19,24H,2,7-8,13-17H2,1H3,(H,29,34)(H,32,33)/t18-,19?,28+/m1/s1. The molecule has 2 aromatic carbocycles. The van der Waals surface area contributed by atoms with Gasteiger partial charge in [0.05, 0.1) is 0 Å². The molecule has 0 aromatic heterocycles. The fourth-order valence-corrected chi connectivity index (χ4v) is 6.03. The molecule has 0 radical (unpaired) electrons. The first kappa shape index (κ1) is 23.4. The Kier molecular flexibility index (Phi) is 6.26. The van der Waals surface area contributed by atoms with Gasteiger partial charge in [-0.25, -0.2) is 9.59 Å². The van der Waals surface area contributed by atoms with Crippen molar-refractivity contribution in [2.24, 2.45) is 5.92 Å². The molecular weight excluding hydrogens is 444 g/mol. The molecule has 1 unspecified atom stereocenters. The van der Waals surface area contributed by atoms with Gasteiger partial charge in [0, 0.05) is 24.9 Å². The van der Waals surface area contributed by atoms with Gasteiger partial charge in [-0.1, -0.05) is 55.5 Å². The molecule has 1 saturated heterocycles. The van der Waals surface area contributed by atoms with Gasteiger partial charge in [-0.15, -0.1) is 0 Å². The first-order chi connectivity index (χ1) is 17.0. The predicted octanol–water partition coefficient (Wildman–Crippen LogP) is 4.55. The quantitative estimate of drug-likeness (QED) is 0.583. The van der Waals surface area contributed by atoms with E-state index in [9.17, 15) is 19.5 Å². The van der Waals surface area contributed by atoms with Gasteiger partial charge in [-0.2, -0.15) is 0 Å². The van der Waals surface area contributed by atoms with Crippen molar-refractivity contribution in [1.29, 1.82) is 0 Å². The van der Waals surface area contributed by atoms with E-state index in [1.807, 2.05) is 31.2 Å². The second-order valence-electron chi connectivity index (χ2n) is 9.93. The first-order valence-electron chi connectivity index (χ1n) is 12.6. The Hall–Kier alpha value is -3.35. The molecule has 7 heteroatoms. The first-order valence-corrected chi connectivity index (χ1v) is 12.6. The Balaban J connectivity index is 1.15. The van der Waals surface area contributed by atoms with Crippen LogP contribution in [0, 0.1) is 5.92 Å². The fourth-order valence-electron chi connectivity index (χ4n) is 6.03. The van der Waals surface area contributed by atoms with Crippen LogP contribution in [0.1, 0.15) is 62.5 Å². The van der Waals surface area contributed by atoms with Gasteiger partial charge in [-0.3, -0.25) is 4.79 Å². The zero-order chi connectivity index (χ0) is 24.6. The summed E-state index contributed by atoms with van der Waals surface area (Å²) in [7, 11) is 0. The lowest BCUT2D eigenvalue weighted by Gasteiger charge is -2.34. The van der Waals surface area contributed by atoms with Gasteiger partial charge < -0.3 is 20.1 Å². The van der Waals surface area contributed by atoms with Crippen molar-refractivity contribution in [2.45, 2.75) is 62.9 Å². The molecule has 0 bridgehead atoms. The molecule has 3 aliphatic rings. The lowest BCUT2D eigenvalue weighted by atomic mass is 9.98. The van der Waals surface area contributed by atoms with E-state index >= 15 is 0 Å². The summed E-state index contributed by atoms with van der Waals surface area (Å²) in [6.07, 6.45) is 3.11. The number of benzene rings is 2. The molecule has 35 heavy (non-hydrogen) atoms. The minimum atomic E-state index is -0.989. The molecule has 0 spiro atoms. The van der Waals surface area contributed by atoms with E-state index in [2.05, 4.69) is 29.6 Å². The molecule has 2 aromatic rings. The molecule has 1 heterocycles. The number of nitrogens with one attached hydrogen (secondary N) is 1. The van der Waals surface area contributed by atoms with Crippen molar-refractivity contribution >= 4 is 18.0 Å². The average Bonchev–Trinajstić information content (AvgIpc) is 3.56. The highest BCUT2D eigenvalue weighted by atomic mass is 16.5. The van der Waals surface area contributed by atoms with E-state index in [4.69, 9.17) is 4.74 Å². The van der Waals surface area contributed by atoms with E-state index in [1.165, 1.54) is 11.1 Å². The van der Waals surface area contributed by atoms with E-state index in [0.717, 1.165) is 24.0 Å². The average molecular weight is 477 g/mol. The number of carbonyl (C=O) groups excluding carboxylic acids is 2. The Labute approximate surface area is 205 Å². The molecule has 7 nitrogen and oxygen atoms in total. The predicted molar refractivity (Wildman–Crippen MR) is 131 cm³/mol. The van der Waals surface area contributed by atoms with Crippen LogP contribution in [0.3, 0.4) is 0 Å². The normalized spacial score (nSPS) is 23.0. The Morgan fingerprint density at radius 3 is 2.40 bits per heavy atom. The zero-order valence-corrected chi connectivity index (χ0v) is 20.0. The summed E-state index contributed by atoms with van der Waals surface area (Å²) in [4.78, 5) is 38.9. The van der Waals surface area contributed by atoms with Crippen LogP contribution in [-0.4, -0.2) is 52.7 Å². The summed E-state index contributed by atoms with van der Waals surface area (Å²) in [6, 6.07) is 16.2. The SMILES string of the molecule is CCC(CCC(=O)N1CCC[C@@H]2C[C@@]21C(=O)O)NC(=O)OCC1c2ccccc2-c2ccccc21. The topological polar surface area (TPSA) is 95.9 Å².